The molecule has 1 aromatic rings. The Balaban J connectivity index is 2.43. The minimum Gasteiger partial charge on any atom is -0.465 e. The largest absolute Gasteiger partial charge is 0.465 e. The van der Waals surface area contributed by atoms with Crippen LogP contribution < -0.4 is 4.90 Å². The molecule has 1 aromatic heterocycles. The van der Waals surface area contributed by atoms with Crippen molar-refractivity contribution in [3.8, 4) is 0 Å². The smallest absolute Gasteiger partial charge is 0.342 e. The van der Waals surface area contributed by atoms with Gasteiger partial charge < -0.3 is 9.64 Å². The van der Waals surface area contributed by atoms with Crippen LogP contribution in [-0.2, 0) is 4.74 Å². The molecule has 1 fully saturated rings. The van der Waals surface area contributed by atoms with Crippen LogP contribution in [0, 0.1) is 10.6 Å². The summed E-state index contributed by atoms with van der Waals surface area (Å²) in [5.74, 6) is 0.344. The van der Waals surface area contributed by atoms with Crippen molar-refractivity contribution in [2.24, 2.45) is 0 Å². The molecule has 1 saturated heterocycles. The fourth-order valence-electron chi connectivity index (χ4n) is 2.34. The molecule has 1 aliphatic rings. The van der Waals surface area contributed by atoms with Crippen molar-refractivity contribution in [3.63, 3.8) is 0 Å². The van der Waals surface area contributed by atoms with Crippen LogP contribution in [-0.4, -0.2) is 36.4 Å². The molecule has 0 radical (unpaired) electrons. The van der Waals surface area contributed by atoms with E-state index in [4.69, 9.17) is 4.74 Å². The van der Waals surface area contributed by atoms with E-state index in [0.29, 0.717) is 11.4 Å². The number of rotatable bonds is 2. The summed E-state index contributed by atoms with van der Waals surface area (Å²) in [5, 5.41) is 8.39. The summed E-state index contributed by atoms with van der Waals surface area (Å²) in [6, 6.07) is 0. The van der Waals surface area contributed by atoms with Gasteiger partial charge in [0.2, 0.25) is 0 Å². The number of hydrogen-bond donors (Lipinski definition) is 0. The Morgan fingerprint density at radius 1 is 1.21 bits per heavy atom. The lowest BCUT2D eigenvalue weighted by atomic mass is 10.1. The fraction of sp³-hybridized carbons (Fsp3) is 0.615. The molecule has 6 heteroatoms. The maximum Gasteiger partial charge on any atom is 0.342 e. The Kier molecular flexibility index (Phi) is 4.95. The molecule has 0 atom stereocenters. The topological polar surface area (TPSA) is 55.3 Å². The van der Waals surface area contributed by atoms with Crippen LogP contribution >= 0.6 is 22.6 Å². The summed E-state index contributed by atoms with van der Waals surface area (Å²) >= 11 is 2.09. The first-order valence-electron chi connectivity index (χ1n) is 6.51. The predicted molar refractivity (Wildman–Crippen MR) is 81.5 cm³/mol. The van der Waals surface area contributed by atoms with Gasteiger partial charge in [0.05, 0.1) is 7.11 Å². The van der Waals surface area contributed by atoms with Gasteiger partial charge in [-0.25, -0.2) is 4.79 Å². The number of hydrogen-bond acceptors (Lipinski definition) is 5. The molecule has 0 bridgehead atoms. The van der Waals surface area contributed by atoms with Crippen LogP contribution in [0.15, 0.2) is 0 Å². The number of anilines is 1. The molecule has 5 nitrogen and oxygen atoms in total. The van der Waals surface area contributed by atoms with E-state index in [0.717, 1.165) is 35.2 Å². The van der Waals surface area contributed by atoms with E-state index in [2.05, 4.69) is 37.7 Å². The van der Waals surface area contributed by atoms with Gasteiger partial charge in [-0.15, -0.1) is 10.2 Å². The van der Waals surface area contributed by atoms with Gasteiger partial charge >= 0.3 is 5.97 Å². The highest BCUT2D eigenvalue weighted by Gasteiger charge is 2.24. The van der Waals surface area contributed by atoms with Crippen molar-refractivity contribution in [1.82, 2.24) is 10.2 Å². The summed E-state index contributed by atoms with van der Waals surface area (Å²) in [5.41, 5.74) is 1.41. The molecule has 0 N–H and O–H groups in total. The zero-order valence-electron chi connectivity index (χ0n) is 11.3. The molecule has 0 spiro atoms. The number of nitrogens with zero attached hydrogens (tertiary/aromatic N) is 3. The molecule has 0 amide bonds. The first-order chi connectivity index (χ1) is 9.15. The second-order valence-corrected chi connectivity index (χ2v) is 5.73. The van der Waals surface area contributed by atoms with Gasteiger partial charge in [-0.2, -0.15) is 0 Å². The highest BCUT2D eigenvalue weighted by Crippen LogP contribution is 2.26. The highest BCUT2D eigenvalue weighted by atomic mass is 127. The van der Waals surface area contributed by atoms with Gasteiger partial charge in [0, 0.05) is 18.7 Å². The number of ether oxygens (including phenoxy) is 1. The molecule has 0 aliphatic carbocycles. The van der Waals surface area contributed by atoms with E-state index in [1.807, 2.05) is 6.92 Å². The van der Waals surface area contributed by atoms with Crippen molar-refractivity contribution in [2.45, 2.75) is 32.6 Å². The number of aromatic nitrogens is 2. The monoisotopic (exact) mass is 375 g/mol. The molecule has 19 heavy (non-hydrogen) atoms. The van der Waals surface area contributed by atoms with Gasteiger partial charge in [-0.1, -0.05) is 12.8 Å². The average Bonchev–Trinajstić information content (AvgIpc) is 2.69. The summed E-state index contributed by atoms with van der Waals surface area (Å²) in [6.07, 6.45) is 4.74. The summed E-state index contributed by atoms with van der Waals surface area (Å²) < 4.78 is 5.64. The van der Waals surface area contributed by atoms with E-state index >= 15 is 0 Å². The van der Waals surface area contributed by atoms with Crippen molar-refractivity contribution in [1.29, 1.82) is 0 Å². The van der Waals surface area contributed by atoms with E-state index in [1.165, 1.54) is 20.0 Å². The van der Waals surface area contributed by atoms with Crippen LogP contribution in [0.4, 0.5) is 5.82 Å². The fourth-order valence-corrected chi connectivity index (χ4v) is 2.71. The zero-order chi connectivity index (χ0) is 13.8. The minimum atomic E-state index is -0.329. The van der Waals surface area contributed by atoms with Crippen LogP contribution in [0.5, 0.6) is 0 Å². The van der Waals surface area contributed by atoms with Gasteiger partial charge in [-0.3, -0.25) is 0 Å². The second-order valence-electron chi connectivity index (χ2n) is 4.71. The van der Waals surface area contributed by atoms with E-state index < -0.39 is 0 Å². The van der Waals surface area contributed by atoms with Gasteiger partial charge in [0.1, 0.15) is 9.26 Å². The quantitative estimate of drug-likeness (QED) is 0.588. The lowest BCUT2D eigenvalue weighted by molar-refractivity contribution is 0.0599. The third-order valence-electron chi connectivity index (χ3n) is 3.44. The van der Waals surface area contributed by atoms with Crippen LogP contribution in [0.25, 0.3) is 0 Å². The normalized spacial score (nSPS) is 16.1. The van der Waals surface area contributed by atoms with E-state index in [9.17, 15) is 4.79 Å². The SMILES string of the molecule is COC(=O)c1c(N2CCCCCC2)nnc(I)c1C. The number of methoxy groups -OCH3 is 1. The molecule has 0 unspecified atom stereocenters. The number of carbonyl (C=O) groups is 1. The molecule has 2 rings (SSSR count). The Morgan fingerprint density at radius 3 is 2.42 bits per heavy atom. The minimum absolute atomic E-state index is 0.329. The van der Waals surface area contributed by atoms with Crippen LogP contribution in [0.1, 0.15) is 41.6 Å². The Hall–Kier alpha value is -0.920. The van der Waals surface area contributed by atoms with E-state index in [-0.39, 0.29) is 5.97 Å². The lowest BCUT2D eigenvalue weighted by Gasteiger charge is -2.23. The first kappa shape index (κ1) is 14.5. The standard InChI is InChI=1S/C13H18IN3O2/c1-9-10(13(18)19-2)12(16-15-11(9)14)17-7-5-3-4-6-8-17/h3-8H2,1-2H3. The van der Waals surface area contributed by atoms with Crippen molar-refractivity contribution in [2.75, 3.05) is 25.1 Å². The molecular weight excluding hydrogens is 357 g/mol. The molecular formula is C13H18IN3O2. The summed E-state index contributed by atoms with van der Waals surface area (Å²) in [4.78, 5) is 14.2. The van der Waals surface area contributed by atoms with Gasteiger partial charge in [0.25, 0.3) is 0 Å². The van der Waals surface area contributed by atoms with Crippen molar-refractivity contribution < 1.29 is 9.53 Å². The van der Waals surface area contributed by atoms with Crippen LogP contribution in [0.3, 0.4) is 0 Å². The third kappa shape index (κ3) is 3.16. The maximum atomic E-state index is 12.0. The Labute approximate surface area is 126 Å². The Bertz CT molecular complexity index is 471. The number of carbonyl (C=O) groups excluding carboxylic acids is 1. The predicted octanol–water partition coefficient (Wildman–Crippen LogP) is 2.56. The molecule has 104 valence electrons. The van der Waals surface area contributed by atoms with Gasteiger partial charge in [0.15, 0.2) is 5.82 Å². The first-order valence-corrected chi connectivity index (χ1v) is 7.59. The molecule has 0 aromatic carbocycles. The summed E-state index contributed by atoms with van der Waals surface area (Å²) in [7, 11) is 1.40. The van der Waals surface area contributed by atoms with E-state index in [1.54, 1.807) is 0 Å². The number of halogens is 1. The number of esters is 1. The Morgan fingerprint density at radius 2 is 1.84 bits per heavy atom. The highest BCUT2D eigenvalue weighted by molar-refractivity contribution is 14.1. The lowest BCUT2D eigenvalue weighted by Crippen LogP contribution is -2.28. The summed E-state index contributed by atoms with van der Waals surface area (Å²) in [6.45, 7) is 3.75. The molecule has 0 saturated carbocycles. The second kappa shape index (κ2) is 6.49. The van der Waals surface area contributed by atoms with Crippen LogP contribution in [0.2, 0.25) is 0 Å². The average molecular weight is 375 g/mol. The van der Waals surface area contributed by atoms with Crippen molar-refractivity contribution >= 4 is 34.4 Å². The third-order valence-corrected chi connectivity index (χ3v) is 4.46. The zero-order valence-corrected chi connectivity index (χ0v) is 13.4. The maximum absolute atomic E-state index is 12.0. The molecule has 2 heterocycles. The van der Waals surface area contributed by atoms with Crippen molar-refractivity contribution in [3.05, 3.63) is 14.8 Å². The molecule has 1 aliphatic heterocycles. The van der Waals surface area contributed by atoms with Gasteiger partial charge in [-0.05, 0) is 42.4 Å².